The minimum Gasteiger partial charge on any atom is -0.364 e. The highest BCUT2D eigenvalue weighted by molar-refractivity contribution is 14.0. The first-order chi connectivity index (χ1) is 13.8. The van der Waals surface area contributed by atoms with E-state index in [1.165, 1.54) is 16.3 Å². The van der Waals surface area contributed by atoms with E-state index in [-0.39, 0.29) is 24.0 Å². The van der Waals surface area contributed by atoms with E-state index in [1.807, 2.05) is 6.07 Å². The van der Waals surface area contributed by atoms with Crippen LogP contribution in [0.5, 0.6) is 0 Å². The fourth-order valence-corrected chi connectivity index (χ4v) is 3.68. The average molecular weight is 505 g/mol. The number of hydrogen-bond acceptors (Lipinski definition) is 4. The molecule has 0 unspecified atom stereocenters. The number of nitrogens with one attached hydrogen (secondary N) is 1. The molecule has 0 atom stereocenters. The molecule has 1 saturated heterocycles. The Kier molecular flexibility index (Phi) is 7.88. The van der Waals surface area contributed by atoms with Crippen molar-refractivity contribution < 1.29 is 4.52 Å². The van der Waals surface area contributed by atoms with Crippen LogP contribution in [-0.4, -0.2) is 53.6 Å². The number of aromatic nitrogens is 1. The molecule has 0 amide bonds. The van der Waals surface area contributed by atoms with Crippen molar-refractivity contribution in [3.63, 3.8) is 0 Å². The molecule has 2 heterocycles. The van der Waals surface area contributed by atoms with Gasteiger partial charge in [0.15, 0.2) is 5.96 Å². The summed E-state index contributed by atoms with van der Waals surface area (Å²) in [5.41, 5.74) is 2.25. The van der Waals surface area contributed by atoms with Crippen LogP contribution in [0.15, 0.2) is 64.3 Å². The third-order valence-corrected chi connectivity index (χ3v) is 5.16. The Balaban J connectivity index is 0.00000240. The third kappa shape index (κ3) is 5.48. The van der Waals surface area contributed by atoms with E-state index >= 15 is 0 Å². The van der Waals surface area contributed by atoms with Crippen molar-refractivity contribution in [1.29, 1.82) is 0 Å². The number of benzene rings is 2. The average Bonchev–Trinajstić information content (AvgIpc) is 3.25. The van der Waals surface area contributed by atoms with Crippen molar-refractivity contribution in [2.45, 2.75) is 20.0 Å². The first kappa shape index (κ1) is 21.6. The monoisotopic (exact) mass is 505 g/mol. The highest BCUT2D eigenvalue weighted by atomic mass is 127. The fraction of sp³-hybridized carbons (Fsp3) is 0.364. The lowest BCUT2D eigenvalue weighted by atomic mass is 10.1. The molecule has 1 fully saturated rings. The Hall–Kier alpha value is -2.13. The number of halogens is 1. The molecule has 7 heteroatoms. The summed E-state index contributed by atoms with van der Waals surface area (Å²) < 4.78 is 4.94. The summed E-state index contributed by atoms with van der Waals surface area (Å²) in [5.74, 6) is 0.997. The summed E-state index contributed by atoms with van der Waals surface area (Å²) in [7, 11) is 0. The maximum absolute atomic E-state index is 4.94. The molecule has 154 valence electrons. The quantitative estimate of drug-likeness (QED) is 0.326. The number of piperazine rings is 1. The highest BCUT2D eigenvalue weighted by Crippen LogP contribution is 2.19. The van der Waals surface area contributed by atoms with Gasteiger partial charge in [-0.1, -0.05) is 47.6 Å². The van der Waals surface area contributed by atoms with Crippen molar-refractivity contribution in [1.82, 2.24) is 20.3 Å². The standard InChI is InChI=1S/C22H27N5O.HI/c1-2-23-22(24-16-19-8-5-7-18-6-3-4-9-21(18)19)27-13-11-26(12-14-27)17-20-10-15-28-25-20;/h3-10,15H,2,11-14,16-17H2,1H3,(H,23,24);1H. The van der Waals surface area contributed by atoms with Gasteiger partial charge in [0.25, 0.3) is 0 Å². The van der Waals surface area contributed by atoms with Gasteiger partial charge in [0, 0.05) is 45.3 Å². The van der Waals surface area contributed by atoms with Gasteiger partial charge in [-0.25, -0.2) is 4.99 Å². The molecule has 1 aliphatic heterocycles. The number of aliphatic imine (C=N–C) groups is 1. The van der Waals surface area contributed by atoms with E-state index in [0.717, 1.165) is 50.9 Å². The lowest BCUT2D eigenvalue weighted by Gasteiger charge is -2.36. The molecule has 0 aliphatic carbocycles. The largest absolute Gasteiger partial charge is 0.364 e. The Morgan fingerprint density at radius 1 is 1.07 bits per heavy atom. The number of rotatable bonds is 5. The van der Waals surface area contributed by atoms with E-state index in [9.17, 15) is 0 Å². The maximum atomic E-state index is 4.94. The SMILES string of the molecule is CCNC(=NCc1cccc2ccccc12)N1CCN(Cc2ccon2)CC1.I. The lowest BCUT2D eigenvalue weighted by Crippen LogP contribution is -2.52. The molecule has 6 nitrogen and oxygen atoms in total. The first-order valence-electron chi connectivity index (χ1n) is 9.95. The van der Waals surface area contributed by atoms with Crippen LogP contribution < -0.4 is 5.32 Å². The van der Waals surface area contributed by atoms with Gasteiger partial charge in [0.05, 0.1) is 12.2 Å². The number of nitrogens with zero attached hydrogens (tertiary/aromatic N) is 4. The van der Waals surface area contributed by atoms with Gasteiger partial charge in [0.2, 0.25) is 0 Å². The summed E-state index contributed by atoms with van der Waals surface area (Å²) >= 11 is 0. The minimum absolute atomic E-state index is 0. The van der Waals surface area contributed by atoms with Crippen molar-refractivity contribution >= 4 is 40.7 Å². The third-order valence-electron chi connectivity index (χ3n) is 5.16. The van der Waals surface area contributed by atoms with Crippen LogP contribution in [0, 0.1) is 0 Å². The van der Waals surface area contributed by atoms with Gasteiger partial charge in [-0.3, -0.25) is 4.90 Å². The minimum atomic E-state index is 0. The van der Waals surface area contributed by atoms with E-state index in [2.05, 4.69) is 69.7 Å². The first-order valence-corrected chi connectivity index (χ1v) is 9.95. The highest BCUT2D eigenvalue weighted by Gasteiger charge is 2.20. The van der Waals surface area contributed by atoms with Crippen molar-refractivity contribution in [2.75, 3.05) is 32.7 Å². The van der Waals surface area contributed by atoms with E-state index in [0.29, 0.717) is 6.54 Å². The number of guanidine groups is 1. The zero-order valence-corrected chi connectivity index (χ0v) is 19.1. The molecule has 0 radical (unpaired) electrons. The molecule has 3 aromatic rings. The van der Waals surface area contributed by atoms with Crippen molar-refractivity contribution in [3.05, 3.63) is 66.1 Å². The smallest absolute Gasteiger partial charge is 0.194 e. The van der Waals surface area contributed by atoms with Gasteiger partial charge in [-0.2, -0.15) is 0 Å². The molecule has 4 rings (SSSR count). The van der Waals surface area contributed by atoms with Crippen molar-refractivity contribution in [3.8, 4) is 0 Å². The maximum Gasteiger partial charge on any atom is 0.194 e. The molecule has 29 heavy (non-hydrogen) atoms. The molecule has 0 saturated carbocycles. The van der Waals surface area contributed by atoms with Crippen LogP contribution in [0.4, 0.5) is 0 Å². The molecule has 1 N–H and O–H groups in total. The fourth-order valence-electron chi connectivity index (χ4n) is 3.68. The summed E-state index contributed by atoms with van der Waals surface area (Å²) in [5, 5.41) is 10.0. The molecule has 0 bridgehead atoms. The second-order valence-corrected chi connectivity index (χ2v) is 7.06. The molecule has 1 aliphatic rings. The van der Waals surface area contributed by atoms with Gasteiger partial charge in [0.1, 0.15) is 6.26 Å². The molecular weight excluding hydrogens is 477 g/mol. The van der Waals surface area contributed by atoms with Crippen LogP contribution >= 0.6 is 24.0 Å². The molecular formula is C22H28IN5O. The zero-order chi connectivity index (χ0) is 19.2. The second-order valence-electron chi connectivity index (χ2n) is 7.06. The summed E-state index contributed by atoms with van der Waals surface area (Å²) in [6.07, 6.45) is 1.63. The Morgan fingerprint density at radius 2 is 1.86 bits per heavy atom. The predicted octanol–water partition coefficient (Wildman–Crippen LogP) is 3.73. The second kappa shape index (κ2) is 10.6. The van der Waals surface area contributed by atoms with Crippen LogP contribution in [0.2, 0.25) is 0 Å². The van der Waals surface area contributed by atoms with Gasteiger partial charge in [-0.05, 0) is 23.3 Å². The Labute approximate surface area is 189 Å². The zero-order valence-electron chi connectivity index (χ0n) is 16.8. The van der Waals surface area contributed by atoms with Gasteiger partial charge < -0.3 is 14.7 Å². The summed E-state index contributed by atoms with van der Waals surface area (Å²) in [6.45, 7) is 8.41. The van der Waals surface area contributed by atoms with Gasteiger partial charge in [-0.15, -0.1) is 24.0 Å². The molecule has 0 spiro atoms. The van der Waals surface area contributed by atoms with E-state index in [1.54, 1.807) is 6.26 Å². The van der Waals surface area contributed by atoms with E-state index < -0.39 is 0 Å². The Bertz CT molecular complexity index is 915. The van der Waals surface area contributed by atoms with Crippen LogP contribution in [0.25, 0.3) is 10.8 Å². The lowest BCUT2D eigenvalue weighted by molar-refractivity contribution is 0.169. The van der Waals surface area contributed by atoms with Crippen LogP contribution in [0.3, 0.4) is 0 Å². The van der Waals surface area contributed by atoms with Gasteiger partial charge >= 0.3 is 0 Å². The van der Waals surface area contributed by atoms with Crippen LogP contribution in [0.1, 0.15) is 18.2 Å². The predicted molar refractivity (Wildman–Crippen MR) is 128 cm³/mol. The number of fused-ring (bicyclic) bond motifs is 1. The topological polar surface area (TPSA) is 56.9 Å². The summed E-state index contributed by atoms with van der Waals surface area (Å²) in [4.78, 5) is 9.70. The normalized spacial score (nSPS) is 15.3. The van der Waals surface area contributed by atoms with E-state index in [4.69, 9.17) is 9.52 Å². The Morgan fingerprint density at radius 3 is 2.62 bits per heavy atom. The molecule has 2 aromatic carbocycles. The van der Waals surface area contributed by atoms with Crippen molar-refractivity contribution in [2.24, 2.45) is 4.99 Å². The van der Waals surface area contributed by atoms with Crippen LogP contribution in [-0.2, 0) is 13.1 Å². The molecule has 1 aromatic heterocycles. The number of hydrogen-bond donors (Lipinski definition) is 1. The summed E-state index contributed by atoms with van der Waals surface area (Å²) in [6, 6.07) is 16.9.